The summed E-state index contributed by atoms with van der Waals surface area (Å²) in [7, 11) is 0. The first kappa shape index (κ1) is 17.3. The van der Waals surface area contributed by atoms with Crippen LogP contribution in [0.25, 0.3) is 0 Å². The van der Waals surface area contributed by atoms with E-state index < -0.39 is 11.7 Å². The number of ether oxygens (including phenoxy) is 1. The van der Waals surface area contributed by atoms with Crippen LogP contribution in [0.4, 0.5) is 4.79 Å². The number of carbonyl (C=O) groups excluding carboxylic acids is 1. The molecule has 1 amide bonds. The number of nitrogens with one attached hydrogen (secondary N) is 2. The molecule has 2 aromatic rings. The molecule has 25 heavy (non-hydrogen) atoms. The molecule has 0 spiro atoms. The molecule has 1 saturated carbocycles. The van der Waals surface area contributed by atoms with Crippen molar-refractivity contribution in [3.8, 4) is 17.9 Å². The summed E-state index contributed by atoms with van der Waals surface area (Å²) in [6.07, 6.45) is 2.96. The van der Waals surface area contributed by atoms with Crippen molar-refractivity contribution in [1.82, 2.24) is 20.5 Å². The first-order valence-corrected chi connectivity index (χ1v) is 8.25. The summed E-state index contributed by atoms with van der Waals surface area (Å²) < 4.78 is 4.96. The van der Waals surface area contributed by atoms with Gasteiger partial charge in [0.05, 0.1) is 0 Å². The summed E-state index contributed by atoms with van der Waals surface area (Å²) in [4.78, 5) is 15.6. The van der Waals surface area contributed by atoms with Crippen molar-refractivity contribution in [3.05, 3.63) is 41.2 Å². The van der Waals surface area contributed by atoms with Gasteiger partial charge in [-0.1, -0.05) is 29.5 Å². The van der Waals surface area contributed by atoms with E-state index >= 15 is 0 Å². The molecule has 1 fully saturated rings. The molecule has 1 aromatic heterocycles. The van der Waals surface area contributed by atoms with Crippen molar-refractivity contribution in [2.75, 3.05) is 0 Å². The molecule has 1 aromatic carbocycles. The Balaban J connectivity index is 1.61. The molecule has 7 nitrogen and oxygen atoms in total. The van der Waals surface area contributed by atoms with Crippen LogP contribution in [0.5, 0.6) is 6.01 Å². The molecular weight excluding hydrogens is 344 g/mol. The van der Waals surface area contributed by atoms with E-state index in [1.54, 1.807) is 18.2 Å². The number of aromatic amines is 1. The van der Waals surface area contributed by atoms with Gasteiger partial charge in [-0.15, -0.1) is 0 Å². The molecule has 2 atom stereocenters. The normalized spacial score (nSPS) is 22.6. The fourth-order valence-corrected chi connectivity index (χ4v) is 2.96. The van der Waals surface area contributed by atoms with Crippen molar-refractivity contribution >= 4 is 17.7 Å². The molecule has 0 unspecified atom stereocenters. The zero-order chi connectivity index (χ0) is 17.7. The summed E-state index contributed by atoms with van der Waals surface area (Å²) >= 11 is 5.94. The van der Waals surface area contributed by atoms with Gasteiger partial charge in [-0.3, -0.25) is 0 Å². The maximum absolute atomic E-state index is 11.9. The number of carbonyl (C=O) groups is 1. The second kappa shape index (κ2) is 7.55. The van der Waals surface area contributed by atoms with E-state index in [-0.39, 0.29) is 12.1 Å². The molecule has 0 aliphatic heterocycles. The van der Waals surface area contributed by atoms with Gasteiger partial charge in [0.15, 0.2) is 0 Å². The van der Waals surface area contributed by atoms with Crippen LogP contribution in [-0.2, 0) is 0 Å². The standard InChI is InChI=1S/C17H17ClN4O3/c18-13-4-1-3-12(9-13)6-8-17(24)7-2-5-14(10-17)21-16(23)25-15-19-11-20-22-15/h1,3-4,9,11,14,24H,2,5,7,10H2,(H,21,23)(H,19,20,22)/t14-,17+/m1/s1. The maximum Gasteiger partial charge on any atom is 0.415 e. The summed E-state index contributed by atoms with van der Waals surface area (Å²) in [6, 6.07) is 6.93. The lowest BCUT2D eigenvalue weighted by molar-refractivity contribution is 0.0472. The fraction of sp³-hybridized carbons (Fsp3) is 0.353. The summed E-state index contributed by atoms with van der Waals surface area (Å²) in [6.45, 7) is 0. The van der Waals surface area contributed by atoms with Crippen LogP contribution in [0.2, 0.25) is 5.02 Å². The van der Waals surface area contributed by atoms with E-state index in [1.165, 1.54) is 6.33 Å². The van der Waals surface area contributed by atoms with E-state index in [0.717, 1.165) is 18.4 Å². The third kappa shape index (κ3) is 4.95. The first-order chi connectivity index (χ1) is 12.0. The number of H-pyrrole nitrogens is 1. The second-order valence-electron chi connectivity index (χ2n) is 5.91. The van der Waals surface area contributed by atoms with Crippen molar-refractivity contribution in [3.63, 3.8) is 0 Å². The molecule has 0 saturated heterocycles. The molecule has 1 aliphatic rings. The Morgan fingerprint density at radius 3 is 3.16 bits per heavy atom. The minimum absolute atomic E-state index is 0.0179. The van der Waals surface area contributed by atoms with Crippen molar-refractivity contribution in [2.24, 2.45) is 0 Å². The second-order valence-corrected chi connectivity index (χ2v) is 6.35. The zero-order valence-electron chi connectivity index (χ0n) is 13.3. The predicted octanol–water partition coefficient (Wildman–Crippen LogP) is 2.27. The van der Waals surface area contributed by atoms with Gasteiger partial charge in [0.25, 0.3) is 0 Å². The fourth-order valence-electron chi connectivity index (χ4n) is 2.77. The van der Waals surface area contributed by atoms with Gasteiger partial charge >= 0.3 is 12.1 Å². The lowest BCUT2D eigenvalue weighted by Gasteiger charge is -2.33. The number of benzene rings is 1. The molecule has 8 heteroatoms. The monoisotopic (exact) mass is 360 g/mol. The molecule has 3 rings (SSSR count). The number of hydrogen-bond acceptors (Lipinski definition) is 5. The minimum atomic E-state index is -1.16. The van der Waals surface area contributed by atoms with Gasteiger partial charge in [0, 0.05) is 23.0 Å². The SMILES string of the molecule is O=C(N[C@@H]1CCC[C@](O)(C#Cc2cccc(Cl)c2)C1)Oc1ncn[nH]1. The number of aliphatic hydroxyl groups is 1. The Morgan fingerprint density at radius 1 is 1.52 bits per heavy atom. The summed E-state index contributed by atoms with van der Waals surface area (Å²) in [5, 5.41) is 20.1. The number of hydrogen-bond donors (Lipinski definition) is 3. The Kier molecular flexibility index (Phi) is 5.22. The van der Waals surface area contributed by atoms with Crippen molar-refractivity contribution in [2.45, 2.75) is 37.3 Å². The van der Waals surface area contributed by atoms with Crippen molar-refractivity contribution in [1.29, 1.82) is 0 Å². The van der Waals surface area contributed by atoms with Crippen LogP contribution >= 0.6 is 11.6 Å². The lowest BCUT2D eigenvalue weighted by Crippen LogP contribution is -2.46. The van der Waals surface area contributed by atoms with Crippen LogP contribution in [0, 0.1) is 11.8 Å². The van der Waals surface area contributed by atoms with Gasteiger partial charge in [-0.2, -0.15) is 10.1 Å². The van der Waals surface area contributed by atoms with E-state index in [1.807, 2.05) is 6.07 Å². The smallest absolute Gasteiger partial charge is 0.378 e. The summed E-state index contributed by atoms with van der Waals surface area (Å²) in [5.41, 5.74) is -0.425. The van der Waals surface area contributed by atoms with E-state index in [0.29, 0.717) is 17.9 Å². The summed E-state index contributed by atoms with van der Waals surface area (Å²) in [5.74, 6) is 5.87. The molecule has 3 N–H and O–H groups in total. The number of nitrogens with zero attached hydrogens (tertiary/aromatic N) is 2. The average Bonchev–Trinajstić information content (AvgIpc) is 3.06. The number of rotatable bonds is 2. The number of halogens is 1. The number of amides is 1. The molecule has 130 valence electrons. The van der Waals surface area contributed by atoms with E-state index in [9.17, 15) is 9.90 Å². The number of aromatic nitrogens is 3. The van der Waals surface area contributed by atoms with Crippen LogP contribution in [0.15, 0.2) is 30.6 Å². The highest BCUT2D eigenvalue weighted by Gasteiger charge is 2.33. The highest BCUT2D eigenvalue weighted by atomic mass is 35.5. The third-order valence-electron chi connectivity index (χ3n) is 3.90. The predicted molar refractivity (Wildman–Crippen MR) is 91.1 cm³/mol. The van der Waals surface area contributed by atoms with Crippen LogP contribution in [0.3, 0.4) is 0 Å². The molecule has 0 bridgehead atoms. The average molecular weight is 361 g/mol. The highest BCUT2D eigenvalue weighted by Crippen LogP contribution is 2.28. The highest BCUT2D eigenvalue weighted by molar-refractivity contribution is 6.30. The Bertz CT molecular complexity index is 800. The van der Waals surface area contributed by atoms with Gasteiger partial charge < -0.3 is 15.2 Å². The lowest BCUT2D eigenvalue weighted by atomic mass is 9.82. The molecule has 1 aliphatic carbocycles. The minimum Gasteiger partial charge on any atom is -0.378 e. The maximum atomic E-state index is 11.9. The van der Waals surface area contributed by atoms with E-state index in [4.69, 9.17) is 16.3 Å². The van der Waals surface area contributed by atoms with Crippen LogP contribution < -0.4 is 10.1 Å². The quantitative estimate of drug-likeness (QED) is 0.713. The van der Waals surface area contributed by atoms with Gasteiger partial charge in [-0.05, 0) is 37.5 Å². The first-order valence-electron chi connectivity index (χ1n) is 7.87. The Labute approximate surface area is 149 Å². The van der Waals surface area contributed by atoms with Crippen molar-refractivity contribution < 1.29 is 14.6 Å². The largest absolute Gasteiger partial charge is 0.415 e. The van der Waals surface area contributed by atoms with Crippen LogP contribution in [0.1, 0.15) is 31.2 Å². The Morgan fingerprint density at radius 2 is 2.40 bits per heavy atom. The Hall–Kier alpha value is -2.56. The van der Waals surface area contributed by atoms with Gasteiger partial charge in [0.1, 0.15) is 11.9 Å². The zero-order valence-corrected chi connectivity index (χ0v) is 14.1. The molecular formula is C17H17ClN4O3. The van der Waals surface area contributed by atoms with Gasteiger partial charge in [0.2, 0.25) is 0 Å². The molecule has 0 radical (unpaired) electrons. The van der Waals surface area contributed by atoms with Crippen LogP contribution in [-0.4, -0.2) is 38.0 Å². The van der Waals surface area contributed by atoms with Gasteiger partial charge in [-0.25, -0.2) is 9.89 Å². The third-order valence-corrected chi connectivity index (χ3v) is 4.13. The topological polar surface area (TPSA) is 100 Å². The van der Waals surface area contributed by atoms with E-state index in [2.05, 4.69) is 32.3 Å². The molecule has 1 heterocycles.